The van der Waals surface area contributed by atoms with Crippen LogP contribution >= 0.6 is 0 Å². The Morgan fingerprint density at radius 3 is 2.70 bits per heavy atom. The van der Waals surface area contributed by atoms with Gasteiger partial charge in [-0.3, -0.25) is 9.78 Å². The molecule has 1 aromatic heterocycles. The van der Waals surface area contributed by atoms with Crippen molar-refractivity contribution in [3.63, 3.8) is 0 Å². The Hall–Kier alpha value is -1.51. The van der Waals surface area contributed by atoms with E-state index in [1.807, 2.05) is 0 Å². The number of hydrogen-bond acceptors (Lipinski definition) is 5. The molecule has 7 nitrogen and oxygen atoms in total. The smallest absolute Gasteiger partial charge is 0.242 e. The number of pyridine rings is 1. The van der Waals surface area contributed by atoms with Crippen LogP contribution in [0.4, 0.5) is 0 Å². The summed E-state index contributed by atoms with van der Waals surface area (Å²) in [6.07, 6.45) is 3.14. The predicted octanol–water partition coefficient (Wildman–Crippen LogP) is -0.514. The fraction of sp³-hybridized carbons (Fsp3) is 0.500. The fourth-order valence-corrected chi connectivity index (χ4v) is 2.75. The molecular weight excluding hydrogens is 280 g/mol. The first-order valence-electron chi connectivity index (χ1n) is 6.40. The Balaban J connectivity index is 2.03. The van der Waals surface area contributed by atoms with Crippen LogP contribution in [0.5, 0.6) is 0 Å². The highest BCUT2D eigenvalue weighted by Crippen LogP contribution is 2.18. The lowest BCUT2D eigenvalue weighted by Gasteiger charge is -2.14. The average Bonchev–Trinajstić information content (AvgIpc) is 3.22. The number of amides is 1. The van der Waals surface area contributed by atoms with Gasteiger partial charge in [0.05, 0.1) is 11.7 Å². The molecule has 2 rings (SSSR count). The van der Waals surface area contributed by atoms with E-state index in [9.17, 15) is 13.2 Å². The van der Waals surface area contributed by atoms with Gasteiger partial charge in [0.1, 0.15) is 4.90 Å². The van der Waals surface area contributed by atoms with Crippen LogP contribution in [0.25, 0.3) is 0 Å². The molecule has 4 N–H and O–H groups in total. The zero-order valence-electron chi connectivity index (χ0n) is 11.2. The Bertz CT molecular complexity index is 581. The molecule has 0 bridgehead atoms. The Morgan fingerprint density at radius 1 is 1.50 bits per heavy atom. The molecule has 0 spiro atoms. The van der Waals surface area contributed by atoms with Crippen molar-refractivity contribution in [2.24, 2.45) is 5.73 Å². The number of carbonyl (C=O) groups excluding carboxylic acids is 1. The first-order valence-corrected chi connectivity index (χ1v) is 7.88. The Kier molecular flexibility index (Phi) is 4.36. The van der Waals surface area contributed by atoms with Gasteiger partial charge in [-0.05, 0) is 31.9 Å². The molecule has 1 aromatic rings. The molecule has 0 aliphatic heterocycles. The number of hydrogen-bond donors (Lipinski definition) is 3. The van der Waals surface area contributed by atoms with Gasteiger partial charge in [-0.25, -0.2) is 8.42 Å². The quantitative estimate of drug-likeness (QED) is 0.654. The summed E-state index contributed by atoms with van der Waals surface area (Å²) in [7, 11) is -3.76. The van der Waals surface area contributed by atoms with Crippen LogP contribution in [0.15, 0.2) is 23.2 Å². The lowest BCUT2D eigenvalue weighted by Crippen LogP contribution is -2.45. The van der Waals surface area contributed by atoms with Crippen molar-refractivity contribution in [1.82, 2.24) is 15.0 Å². The van der Waals surface area contributed by atoms with E-state index in [4.69, 9.17) is 5.73 Å². The minimum absolute atomic E-state index is 0.0146. The highest BCUT2D eigenvalue weighted by molar-refractivity contribution is 7.89. The summed E-state index contributed by atoms with van der Waals surface area (Å²) in [6, 6.07) is 2.33. The van der Waals surface area contributed by atoms with Gasteiger partial charge >= 0.3 is 0 Å². The zero-order valence-corrected chi connectivity index (χ0v) is 12.0. The Labute approximate surface area is 118 Å². The second-order valence-electron chi connectivity index (χ2n) is 4.82. The second kappa shape index (κ2) is 5.86. The monoisotopic (exact) mass is 298 g/mol. The average molecular weight is 298 g/mol. The van der Waals surface area contributed by atoms with Gasteiger partial charge in [-0.2, -0.15) is 4.72 Å². The highest BCUT2D eigenvalue weighted by atomic mass is 32.2. The zero-order chi connectivity index (χ0) is 14.8. The van der Waals surface area contributed by atoms with Crippen LogP contribution in [0, 0.1) is 0 Å². The SMILES string of the molecule is CC(NS(=O)(=O)c1ccc(CN)nc1)C(=O)NC1CC1. The summed E-state index contributed by atoms with van der Waals surface area (Å²) < 4.78 is 26.5. The molecule has 1 fully saturated rings. The van der Waals surface area contributed by atoms with Crippen molar-refractivity contribution in [3.8, 4) is 0 Å². The number of carbonyl (C=O) groups is 1. The molecular formula is C12H18N4O3S. The number of nitrogens with two attached hydrogens (primary N) is 1. The summed E-state index contributed by atoms with van der Waals surface area (Å²) in [5, 5.41) is 2.75. The molecule has 1 atom stereocenters. The molecule has 0 saturated heterocycles. The molecule has 1 heterocycles. The minimum Gasteiger partial charge on any atom is -0.352 e. The summed E-state index contributed by atoms with van der Waals surface area (Å²) >= 11 is 0. The number of nitrogens with zero attached hydrogens (tertiary/aromatic N) is 1. The van der Waals surface area contributed by atoms with Crippen LogP contribution in [0.3, 0.4) is 0 Å². The molecule has 1 saturated carbocycles. The molecule has 1 unspecified atom stereocenters. The van der Waals surface area contributed by atoms with E-state index >= 15 is 0 Å². The first-order chi connectivity index (χ1) is 9.42. The maximum atomic E-state index is 12.1. The van der Waals surface area contributed by atoms with Crippen molar-refractivity contribution in [1.29, 1.82) is 0 Å². The molecule has 8 heteroatoms. The molecule has 1 aliphatic carbocycles. The van der Waals surface area contributed by atoms with Gasteiger partial charge < -0.3 is 11.1 Å². The molecule has 0 radical (unpaired) electrons. The summed E-state index contributed by atoms with van der Waals surface area (Å²) in [4.78, 5) is 15.7. The van der Waals surface area contributed by atoms with Gasteiger partial charge in [-0.1, -0.05) is 0 Å². The van der Waals surface area contributed by atoms with Crippen molar-refractivity contribution < 1.29 is 13.2 Å². The normalized spacial score (nSPS) is 16.7. The standard InChI is InChI=1S/C12H18N4O3S/c1-8(12(17)15-9-2-3-9)16-20(18,19)11-5-4-10(6-13)14-7-11/h4-5,7-9,16H,2-3,6,13H2,1H3,(H,15,17). The van der Waals surface area contributed by atoms with Crippen LogP contribution in [-0.4, -0.2) is 31.4 Å². The number of sulfonamides is 1. The fourth-order valence-electron chi connectivity index (χ4n) is 1.60. The third-order valence-electron chi connectivity index (χ3n) is 2.97. The van der Waals surface area contributed by atoms with E-state index < -0.39 is 16.1 Å². The third kappa shape index (κ3) is 3.75. The van der Waals surface area contributed by atoms with E-state index in [1.54, 1.807) is 6.07 Å². The van der Waals surface area contributed by atoms with E-state index in [0.29, 0.717) is 5.69 Å². The highest BCUT2D eigenvalue weighted by Gasteiger charge is 2.28. The number of aromatic nitrogens is 1. The third-order valence-corrected chi connectivity index (χ3v) is 4.49. The predicted molar refractivity (Wildman–Crippen MR) is 73.1 cm³/mol. The van der Waals surface area contributed by atoms with Crippen LogP contribution < -0.4 is 15.8 Å². The van der Waals surface area contributed by atoms with Crippen LogP contribution in [-0.2, 0) is 21.4 Å². The number of rotatable bonds is 6. The first kappa shape index (κ1) is 14.9. The summed E-state index contributed by atoms with van der Waals surface area (Å²) in [5.74, 6) is -0.317. The van der Waals surface area contributed by atoms with E-state index in [0.717, 1.165) is 12.8 Å². The van der Waals surface area contributed by atoms with Gasteiger partial charge in [0.25, 0.3) is 0 Å². The molecule has 110 valence electrons. The number of nitrogens with one attached hydrogen (secondary N) is 2. The second-order valence-corrected chi connectivity index (χ2v) is 6.53. The van der Waals surface area contributed by atoms with Gasteiger partial charge in [-0.15, -0.1) is 0 Å². The molecule has 20 heavy (non-hydrogen) atoms. The van der Waals surface area contributed by atoms with Crippen LogP contribution in [0.2, 0.25) is 0 Å². The Morgan fingerprint density at radius 2 is 2.20 bits per heavy atom. The summed E-state index contributed by atoms with van der Waals surface area (Å²) in [6.45, 7) is 1.75. The van der Waals surface area contributed by atoms with Crippen molar-refractivity contribution in [2.45, 2.75) is 43.3 Å². The van der Waals surface area contributed by atoms with Crippen molar-refractivity contribution in [2.75, 3.05) is 0 Å². The van der Waals surface area contributed by atoms with Gasteiger partial charge in [0.2, 0.25) is 15.9 Å². The van der Waals surface area contributed by atoms with Crippen molar-refractivity contribution >= 4 is 15.9 Å². The van der Waals surface area contributed by atoms with E-state index in [-0.39, 0.29) is 23.4 Å². The lowest BCUT2D eigenvalue weighted by atomic mass is 10.3. The largest absolute Gasteiger partial charge is 0.352 e. The van der Waals surface area contributed by atoms with E-state index in [1.165, 1.54) is 19.2 Å². The maximum Gasteiger partial charge on any atom is 0.242 e. The minimum atomic E-state index is -3.76. The van der Waals surface area contributed by atoms with E-state index in [2.05, 4.69) is 15.0 Å². The molecule has 0 aromatic carbocycles. The molecule has 1 amide bonds. The lowest BCUT2D eigenvalue weighted by molar-refractivity contribution is -0.122. The summed E-state index contributed by atoms with van der Waals surface area (Å²) in [5.41, 5.74) is 6.00. The van der Waals surface area contributed by atoms with Gasteiger partial charge in [0, 0.05) is 18.8 Å². The van der Waals surface area contributed by atoms with Gasteiger partial charge in [0.15, 0.2) is 0 Å². The molecule has 1 aliphatic rings. The van der Waals surface area contributed by atoms with Crippen molar-refractivity contribution in [3.05, 3.63) is 24.0 Å². The maximum absolute atomic E-state index is 12.1. The van der Waals surface area contributed by atoms with Crippen LogP contribution in [0.1, 0.15) is 25.5 Å². The topological polar surface area (TPSA) is 114 Å².